The van der Waals surface area contributed by atoms with Crippen LogP contribution in [0.15, 0.2) is 0 Å². The predicted octanol–water partition coefficient (Wildman–Crippen LogP) is 3.23. The Balaban J connectivity index is 2.79. The van der Waals surface area contributed by atoms with Gasteiger partial charge >= 0.3 is 11.9 Å². The highest BCUT2D eigenvalue weighted by molar-refractivity contribution is 14.2. The number of carbonyl (C=O) groups is 2. The fourth-order valence-corrected chi connectivity index (χ4v) is 4.35. The monoisotopic (exact) mass is 776 g/mol. The third kappa shape index (κ3) is 9.89. The Hall–Kier alpha value is 1.78. The van der Waals surface area contributed by atoms with Crippen molar-refractivity contribution in [3.05, 3.63) is 0 Å². The molecular formula is C13H20I4N2O4. The lowest BCUT2D eigenvalue weighted by Crippen LogP contribution is -2.36. The fourth-order valence-electron chi connectivity index (χ4n) is 2.61. The summed E-state index contributed by atoms with van der Waals surface area (Å²) in [6.45, 7) is 2.79. The lowest BCUT2D eigenvalue weighted by molar-refractivity contribution is -0.151. The van der Waals surface area contributed by atoms with Gasteiger partial charge in [0.1, 0.15) is 15.3 Å². The largest absolute Gasteiger partial charge is 0.462 e. The molecule has 4 unspecified atom stereocenters. The number of alkyl halides is 4. The van der Waals surface area contributed by atoms with E-state index in [9.17, 15) is 9.59 Å². The van der Waals surface area contributed by atoms with E-state index in [-0.39, 0.29) is 36.0 Å². The standard InChI is InChI=1S/C13H20I4N2O4/c1-6(20)22-10(4-12(14,15)18)8-3-9(8)11(23-7(2)21)5-13(16,17)19/h8-11H,3-5,18-19H2,1-2H3. The number of ether oxygens (including phenoxy) is 2. The second-order valence-corrected chi connectivity index (χ2v) is 17.6. The molecular weight excluding hydrogens is 756 g/mol. The zero-order valence-corrected chi connectivity index (χ0v) is 21.4. The number of rotatable bonds is 8. The molecule has 0 aromatic carbocycles. The van der Waals surface area contributed by atoms with Crippen molar-refractivity contribution in [2.24, 2.45) is 23.3 Å². The zero-order chi connectivity index (χ0) is 18.0. The van der Waals surface area contributed by atoms with Crippen molar-refractivity contribution in [3.8, 4) is 0 Å². The minimum atomic E-state index is -0.496. The van der Waals surface area contributed by atoms with Crippen LogP contribution >= 0.6 is 90.4 Å². The van der Waals surface area contributed by atoms with Crippen LogP contribution in [0.1, 0.15) is 33.1 Å². The molecule has 1 fully saturated rings. The number of esters is 2. The van der Waals surface area contributed by atoms with Gasteiger partial charge in [-0.1, -0.05) is 0 Å². The van der Waals surface area contributed by atoms with E-state index in [0.717, 1.165) is 6.42 Å². The Morgan fingerprint density at radius 1 is 0.957 bits per heavy atom. The van der Waals surface area contributed by atoms with E-state index in [1.54, 1.807) is 0 Å². The van der Waals surface area contributed by atoms with Crippen LogP contribution in [0.25, 0.3) is 0 Å². The van der Waals surface area contributed by atoms with Crippen LogP contribution in [-0.2, 0) is 19.1 Å². The van der Waals surface area contributed by atoms with E-state index < -0.39 is 3.10 Å². The van der Waals surface area contributed by atoms with E-state index in [2.05, 4.69) is 90.4 Å². The smallest absolute Gasteiger partial charge is 0.302 e. The summed E-state index contributed by atoms with van der Waals surface area (Å²) in [4.78, 5) is 22.8. The lowest BCUT2D eigenvalue weighted by Gasteiger charge is -2.26. The average molecular weight is 776 g/mol. The van der Waals surface area contributed by atoms with Crippen molar-refractivity contribution < 1.29 is 19.1 Å². The first kappa shape index (κ1) is 22.8. The van der Waals surface area contributed by atoms with Gasteiger partial charge in [0.2, 0.25) is 0 Å². The highest BCUT2D eigenvalue weighted by atomic mass is 127. The van der Waals surface area contributed by atoms with Gasteiger partial charge < -0.3 is 20.9 Å². The van der Waals surface area contributed by atoms with Crippen molar-refractivity contribution in [1.29, 1.82) is 0 Å². The fraction of sp³-hybridized carbons (Fsp3) is 0.846. The third-order valence-electron chi connectivity index (χ3n) is 3.43. The average Bonchev–Trinajstić information content (AvgIpc) is 3.00. The highest BCUT2D eigenvalue weighted by Gasteiger charge is 2.52. The molecule has 0 aromatic heterocycles. The minimum absolute atomic E-state index is 0.144. The van der Waals surface area contributed by atoms with E-state index in [4.69, 9.17) is 20.9 Å². The topological polar surface area (TPSA) is 105 Å². The van der Waals surface area contributed by atoms with Gasteiger partial charge in [-0.25, -0.2) is 0 Å². The Kier molecular flexibility index (Phi) is 9.05. The third-order valence-corrected chi connectivity index (χ3v) is 5.19. The zero-order valence-electron chi connectivity index (χ0n) is 12.7. The molecule has 0 spiro atoms. The van der Waals surface area contributed by atoms with Gasteiger partial charge in [0, 0.05) is 38.5 Å². The van der Waals surface area contributed by atoms with Crippen LogP contribution in [0, 0.1) is 11.8 Å². The minimum Gasteiger partial charge on any atom is -0.462 e. The maximum absolute atomic E-state index is 11.4. The molecule has 23 heavy (non-hydrogen) atoms. The quantitative estimate of drug-likeness (QED) is 0.170. The molecule has 134 valence electrons. The van der Waals surface area contributed by atoms with Crippen LogP contribution in [0.5, 0.6) is 0 Å². The summed E-state index contributed by atoms with van der Waals surface area (Å²) in [6.07, 6.45) is 1.38. The molecule has 0 amide bonds. The summed E-state index contributed by atoms with van der Waals surface area (Å²) < 4.78 is 9.93. The lowest BCUT2D eigenvalue weighted by atomic mass is 10.1. The molecule has 0 bridgehead atoms. The van der Waals surface area contributed by atoms with Crippen LogP contribution in [-0.4, -0.2) is 27.3 Å². The number of nitrogens with two attached hydrogens (primary N) is 2. The molecule has 1 aliphatic carbocycles. The first-order chi connectivity index (χ1) is 10.3. The van der Waals surface area contributed by atoms with Crippen molar-refractivity contribution >= 4 is 102 Å². The van der Waals surface area contributed by atoms with Gasteiger partial charge in [-0.3, -0.25) is 9.59 Å². The Labute approximate surface area is 190 Å². The molecule has 6 nitrogen and oxygen atoms in total. The van der Waals surface area contributed by atoms with Gasteiger partial charge in [-0.05, 0) is 96.8 Å². The summed E-state index contributed by atoms with van der Waals surface area (Å²) in [6, 6.07) is 0. The molecule has 4 N–H and O–H groups in total. The summed E-state index contributed by atoms with van der Waals surface area (Å²) in [5.74, 6) is -0.355. The first-order valence-electron chi connectivity index (χ1n) is 6.96. The summed E-state index contributed by atoms with van der Waals surface area (Å²) in [5, 5.41) is 0. The molecule has 0 heterocycles. The van der Waals surface area contributed by atoms with Gasteiger partial charge in [0.05, 0.1) is 0 Å². The Morgan fingerprint density at radius 3 is 1.48 bits per heavy atom. The normalized spacial score (nSPS) is 23.8. The number of carbonyl (C=O) groups excluding carboxylic acids is 2. The maximum Gasteiger partial charge on any atom is 0.302 e. The van der Waals surface area contributed by atoms with Gasteiger partial charge in [-0.2, -0.15) is 0 Å². The Bertz CT molecular complexity index is 410. The van der Waals surface area contributed by atoms with Gasteiger partial charge in [0.25, 0.3) is 0 Å². The van der Waals surface area contributed by atoms with Crippen molar-refractivity contribution in [2.75, 3.05) is 0 Å². The molecule has 0 aliphatic heterocycles. The van der Waals surface area contributed by atoms with E-state index in [0.29, 0.717) is 12.8 Å². The molecule has 1 rings (SSSR count). The molecule has 1 aliphatic rings. The summed E-state index contributed by atoms with van der Waals surface area (Å²) in [7, 11) is 0. The molecule has 0 aromatic rings. The molecule has 0 saturated heterocycles. The second kappa shape index (κ2) is 9.12. The molecule has 10 heteroatoms. The molecule has 0 radical (unpaired) electrons. The number of hydrogen-bond acceptors (Lipinski definition) is 6. The maximum atomic E-state index is 11.4. The van der Waals surface area contributed by atoms with Crippen molar-refractivity contribution in [1.82, 2.24) is 0 Å². The second-order valence-electron chi connectivity index (χ2n) is 5.79. The van der Waals surface area contributed by atoms with E-state index >= 15 is 0 Å². The number of hydrogen-bond donors (Lipinski definition) is 2. The van der Waals surface area contributed by atoms with Crippen LogP contribution in [0.3, 0.4) is 0 Å². The van der Waals surface area contributed by atoms with Gasteiger partial charge in [0.15, 0.2) is 0 Å². The highest BCUT2D eigenvalue weighted by Crippen LogP contribution is 2.50. The van der Waals surface area contributed by atoms with Crippen LogP contribution in [0.2, 0.25) is 0 Å². The van der Waals surface area contributed by atoms with Crippen molar-refractivity contribution in [2.45, 2.75) is 48.4 Å². The first-order valence-corrected chi connectivity index (χ1v) is 11.3. The summed E-state index contributed by atoms with van der Waals surface area (Å²) >= 11 is 8.53. The predicted molar refractivity (Wildman–Crippen MR) is 122 cm³/mol. The number of halogens is 4. The van der Waals surface area contributed by atoms with Crippen LogP contribution in [0.4, 0.5) is 0 Å². The SMILES string of the molecule is CC(=O)OC(CC(N)(I)I)C1CC1C(CC(N)(I)I)OC(C)=O. The van der Waals surface area contributed by atoms with E-state index in [1.807, 2.05) is 0 Å². The van der Waals surface area contributed by atoms with E-state index in [1.165, 1.54) is 13.8 Å². The van der Waals surface area contributed by atoms with Crippen molar-refractivity contribution in [3.63, 3.8) is 0 Å². The Morgan fingerprint density at radius 2 is 1.26 bits per heavy atom. The van der Waals surface area contributed by atoms with Gasteiger partial charge in [-0.15, -0.1) is 0 Å². The van der Waals surface area contributed by atoms with Crippen LogP contribution < -0.4 is 11.5 Å². The summed E-state index contributed by atoms with van der Waals surface area (Å²) in [5.41, 5.74) is 12.1. The molecule has 1 saturated carbocycles. The molecule has 4 atom stereocenters.